The molecule has 0 saturated heterocycles. The highest BCUT2D eigenvalue weighted by Gasteiger charge is 2.27. The van der Waals surface area contributed by atoms with Crippen LogP contribution in [0.25, 0.3) is 0 Å². The summed E-state index contributed by atoms with van der Waals surface area (Å²) in [5, 5.41) is 8.49. The molecule has 1 aromatic heterocycles. The quantitative estimate of drug-likeness (QED) is 0.898. The minimum absolute atomic E-state index is 0.513. The van der Waals surface area contributed by atoms with E-state index < -0.39 is 0 Å². The SMILES string of the molecule is CC1(C)CCCC(NCc2ccn(C3CCCC3)n2)C1. The lowest BCUT2D eigenvalue weighted by Crippen LogP contribution is -2.37. The Hall–Kier alpha value is -0.830. The lowest BCUT2D eigenvalue weighted by Gasteiger charge is -2.35. The monoisotopic (exact) mass is 275 g/mol. The van der Waals surface area contributed by atoms with Crippen molar-refractivity contribution in [2.24, 2.45) is 5.41 Å². The highest BCUT2D eigenvalue weighted by atomic mass is 15.3. The Morgan fingerprint density at radius 1 is 1.25 bits per heavy atom. The summed E-state index contributed by atoms with van der Waals surface area (Å²) in [6, 6.07) is 3.53. The molecule has 2 saturated carbocycles. The average Bonchev–Trinajstić information content (AvgIpc) is 3.06. The molecule has 0 aliphatic heterocycles. The van der Waals surface area contributed by atoms with E-state index in [4.69, 9.17) is 5.10 Å². The fourth-order valence-electron chi connectivity index (χ4n) is 3.97. The van der Waals surface area contributed by atoms with E-state index in [0.717, 1.165) is 6.54 Å². The molecule has 0 radical (unpaired) electrons. The van der Waals surface area contributed by atoms with Gasteiger partial charge >= 0.3 is 0 Å². The molecule has 0 aromatic carbocycles. The Morgan fingerprint density at radius 3 is 2.80 bits per heavy atom. The molecule has 3 heteroatoms. The third-order valence-corrected chi connectivity index (χ3v) is 5.14. The molecule has 0 spiro atoms. The molecule has 2 aliphatic carbocycles. The van der Waals surface area contributed by atoms with Gasteiger partial charge in [-0.2, -0.15) is 5.10 Å². The van der Waals surface area contributed by atoms with Gasteiger partial charge in [0.1, 0.15) is 0 Å². The number of rotatable bonds is 4. The standard InChI is InChI=1S/C17H29N3/c1-17(2)10-5-6-14(12-17)18-13-15-9-11-20(19-15)16-7-3-4-8-16/h9,11,14,16,18H,3-8,10,12-13H2,1-2H3. The normalized spacial score (nSPS) is 27.0. The molecular formula is C17H29N3. The van der Waals surface area contributed by atoms with E-state index in [1.807, 2.05) is 0 Å². The number of aromatic nitrogens is 2. The minimum Gasteiger partial charge on any atom is -0.308 e. The number of nitrogens with one attached hydrogen (secondary N) is 1. The van der Waals surface area contributed by atoms with Crippen molar-refractivity contribution in [2.75, 3.05) is 0 Å². The second kappa shape index (κ2) is 5.88. The zero-order chi connectivity index (χ0) is 14.0. The summed E-state index contributed by atoms with van der Waals surface area (Å²) in [7, 11) is 0. The van der Waals surface area contributed by atoms with Crippen molar-refractivity contribution in [2.45, 2.75) is 83.8 Å². The van der Waals surface area contributed by atoms with Crippen LogP contribution in [-0.2, 0) is 6.54 Å². The van der Waals surface area contributed by atoms with Crippen LogP contribution in [-0.4, -0.2) is 15.8 Å². The fourth-order valence-corrected chi connectivity index (χ4v) is 3.97. The predicted molar refractivity (Wildman–Crippen MR) is 82.6 cm³/mol. The first kappa shape index (κ1) is 14.1. The maximum Gasteiger partial charge on any atom is 0.0762 e. The van der Waals surface area contributed by atoms with E-state index in [1.165, 1.54) is 57.1 Å². The lowest BCUT2D eigenvalue weighted by molar-refractivity contribution is 0.197. The smallest absolute Gasteiger partial charge is 0.0762 e. The van der Waals surface area contributed by atoms with E-state index in [-0.39, 0.29) is 0 Å². The largest absolute Gasteiger partial charge is 0.308 e. The topological polar surface area (TPSA) is 29.9 Å². The highest BCUT2D eigenvalue weighted by Crippen LogP contribution is 2.35. The summed E-state index contributed by atoms with van der Waals surface area (Å²) >= 11 is 0. The lowest BCUT2D eigenvalue weighted by atomic mass is 9.75. The van der Waals surface area contributed by atoms with Crippen molar-refractivity contribution in [3.63, 3.8) is 0 Å². The summed E-state index contributed by atoms with van der Waals surface area (Å²) in [5.41, 5.74) is 1.72. The van der Waals surface area contributed by atoms with Gasteiger partial charge in [-0.3, -0.25) is 4.68 Å². The maximum absolute atomic E-state index is 4.77. The van der Waals surface area contributed by atoms with Crippen LogP contribution in [0.3, 0.4) is 0 Å². The summed E-state index contributed by atoms with van der Waals surface area (Å²) in [6.45, 7) is 5.73. The van der Waals surface area contributed by atoms with Gasteiger partial charge in [0.05, 0.1) is 11.7 Å². The van der Waals surface area contributed by atoms with Crippen LogP contribution in [0.5, 0.6) is 0 Å². The summed E-state index contributed by atoms with van der Waals surface area (Å²) in [6.07, 6.45) is 12.9. The molecule has 3 rings (SSSR count). The molecule has 1 aromatic rings. The van der Waals surface area contributed by atoms with E-state index in [0.29, 0.717) is 17.5 Å². The van der Waals surface area contributed by atoms with Crippen molar-refractivity contribution in [1.82, 2.24) is 15.1 Å². The van der Waals surface area contributed by atoms with Gasteiger partial charge < -0.3 is 5.32 Å². The van der Waals surface area contributed by atoms with Gasteiger partial charge in [-0.15, -0.1) is 0 Å². The Bertz CT molecular complexity index is 429. The molecule has 0 amide bonds. The van der Waals surface area contributed by atoms with Crippen LogP contribution in [0.4, 0.5) is 0 Å². The number of nitrogens with zero attached hydrogens (tertiary/aromatic N) is 2. The molecular weight excluding hydrogens is 246 g/mol. The Labute approximate surface area is 123 Å². The van der Waals surface area contributed by atoms with Gasteiger partial charge in [0.25, 0.3) is 0 Å². The fraction of sp³-hybridized carbons (Fsp3) is 0.824. The first-order valence-electron chi connectivity index (χ1n) is 8.40. The van der Waals surface area contributed by atoms with Crippen LogP contribution < -0.4 is 5.32 Å². The van der Waals surface area contributed by atoms with E-state index >= 15 is 0 Å². The zero-order valence-electron chi connectivity index (χ0n) is 13.1. The summed E-state index contributed by atoms with van der Waals surface area (Å²) in [4.78, 5) is 0. The third kappa shape index (κ3) is 3.43. The molecule has 2 aliphatic rings. The van der Waals surface area contributed by atoms with Crippen molar-refractivity contribution in [3.8, 4) is 0 Å². The Balaban J connectivity index is 1.51. The zero-order valence-corrected chi connectivity index (χ0v) is 13.1. The predicted octanol–water partition coefficient (Wildman–Crippen LogP) is 4.06. The van der Waals surface area contributed by atoms with Gasteiger partial charge in [0.2, 0.25) is 0 Å². The summed E-state index contributed by atoms with van der Waals surface area (Å²) in [5.74, 6) is 0. The molecule has 3 nitrogen and oxygen atoms in total. The third-order valence-electron chi connectivity index (χ3n) is 5.14. The first-order valence-corrected chi connectivity index (χ1v) is 8.40. The van der Waals surface area contributed by atoms with E-state index in [1.54, 1.807) is 0 Å². The van der Waals surface area contributed by atoms with E-state index in [2.05, 4.69) is 36.1 Å². The molecule has 112 valence electrons. The molecule has 1 N–H and O–H groups in total. The van der Waals surface area contributed by atoms with Crippen LogP contribution in [0.1, 0.15) is 76.9 Å². The molecule has 1 atom stereocenters. The summed E-state index contributed by atoms with van der Waals surface area (Å²) < 4.78 is 2.20. The minimum atomic E-state index is 0.513. The van der Waals surface area contributed by atoms with Crippen molar-refractivity contribution in [3.05, 3.63) is 18.0 Å². The van der Waals surface area contributed by atoms with Crippen LogP contribution in [0.2, 0.25) is 0 Å². The highest BCUT2D eigenvalue weighted by molar-refractivity contribution is 5.00. The van der Waals surface area contributed by atoms with Crippen molar-refractivity contribution in [1.29, 1.82) is 0 Å². The van der Waals surface area contributed by atoms with Crippen LogP contribution in [0, 0.1) is 5.41 Å². The Kier molecular flexibility index (Phi) is 4.16. The Morgan fingerprint density at radius 2 is 2.05 bits per heavy atom. The van der Waals surface area contributed by atoms with Gasteiger partial charge in [0, 0.05) is 18.8 Å². The van der Waals surface area contributed by atoms with Crippen molar-refractivity contribution < 1.29 is 0 Å². The molecule has 1 heterocycles. The van der Waals surface area contributed by atoms with Gasteiger partial charge in [0.15, 0.2) is 0 Å². The second-order valence-corrected chi connectivity index (χ2v) is 7.56. The van der Waals surface area contributed by atoms with Gasteiger partial charge in [-0.25, -0.2) is 0 Å². The molecule has 0 bridgehead atoms. The molecule has 1 unspecified atom stereocenters. The van der Waals surface area contributed by atoms with Gasteiger partial charge in [-0.05, 0) is 43.6 Å². The van der Waals surface area contributed by atoms with E-state index in [9.17, 15) is 0 Å². The second-order valence-electron chi connectivity index (χ2n) is 7.56. The number of hydrogen-bond donors (Lipinski definition) is 1. The maximum atomic E-state index is 4.77. The van der Waals surface area contributed by atoms with Crippen LogP contribution in [0.15, 0.2) is 12.3 Å². The average molecular weight is 275 g/mol. The first-order chi connectivity index (χ1) is 9.62. The molecule has 2 fully saturated rings. The molecule has 20 heavy (non-hydrogen) atoms. The van der Waals surface area contributed by atoms with Gasteiger partial charge in [-0.1, -0.05) is 33.1 Å². The number of hydrogen-bond acceptors (Lipinski definition) is 2. The van der Waals surface area contributed by atoms with Crippen molar-refractivity contribution >= 4 is 0 Å². The van der Waals surface area contributed by atoms with Crippen LogP contribution >= 0.6 is 0 Å².